The fraction of sp³-hybridized carbons (Fsp3) is 0.619. The molecule has 170 valence electrons. The minimum atomic E-state index is -4.50. The molecule has 0 bridgehead atoms. The van der Waals surface area contributed by atoms with Crippen LogP contribution in [-0.4, -0.2) is 44.6 Å². The van der Waals surface area contributed by atoms with E-state index >= 15 is 0 Å². The summed E-state index contributed by atoms with van der Waals surface area (Å²) in [7, 11) is -2.37. The topological polar surface area (TPSA) is 72.6 Å². The number of sulfonamides is 1. The molecule has 0 amide bonds. The van der Waals surface area contributed by atoms with Crippen LogP contribution in [0.25, 0.3) is 0 Å². The van der Waals surface area contributed by atoms with E-state index in [1.54, 1.807) is 0 Å². The van der Waals surface area contributed by atoms with Crippen molar-refractivity contribution in [3.8, 4) is 0 Å². The molecule has 2 rings (SSSR count). The Hall–Kier alpha value is -1.42. The number of hydrogen-bond acceptors (Lipinski definition) is 4. The number of hydrogen-bond donors (Lipinski definition) is 1. The molecule has 9 heteroatoms. The molecule has 5 nitrogen and oxygen atoms in total. The molecule has 1 aliphatic rings. The van der Waals surface area contributed by atoms with Crippen LogP contribution in [0.3, 0.4) is 0 Å². The van der Waals surface area contributed by atoms with E-state index in [1.165, 1.54) is 11.4 Å². The van der Waals surface area contributed by atoms with Gasteiger partial charge >= 0.3 is 6.18 Å². The van der Waals surface area contributed by atoms with Crippen molar-refractivity contribution in [3.63, 3.8) is 0 Å². The molecule has 0 spiro atoms. The summed E-state index contributed by atoms with van der Waals surface area (Å²) in [5, 5.41) is 0. The van der Waals surface area contributed by atoms with Crippen LogP contribution in [0.2, 0.25) is 0 Å². The molecule has 1 aromatic carbocycles. The largest absolute Gasteiger partial charge is 0.416 e. The van der Waals surface area contributed by atoms with Crippen molar-refractivity contribution in [1.29, 1.82) is 0 Å². The fourth-order valence-corrected chi connectivity index (χ4v) is 5.10. The Morgan fingerprint density at radius 2 is 1.83 bits per heavy atom. The fourth-order valence-electron chi connectivity index (χ4n) is 3.68. The lowest BCUT2D eigenvalue weighted by Gasteiger charge is -2.34. The normalized spacial score (nSPS) is 21.5. The molecule has 1 fully saturated rings. The molecular weight excluding hydrogens is 417 g/mol. The third-order valence-corrected chi connectivity index (χ3v) is 7.48. The molecule has 1 atom stereocenters. The van der Waals surface area contributed by atoms with E-state index in [-0.39, 0.29) is 23.1 Å². The molecule has 1 unspecified atom stereocenters. The summed E-state index contributed by atoms with van der Waals surface area (Å²) in [5.41, 5.74) is 5.06. The monoisotopic (exact) mass is 448 g/mol. The molecule has 1 saturated carbocycles. The van der Waals surface area contributed by atoms with Gasteiger partial charge in [-0.1, -0.05) is 6.08 Å². The SMILES string of the molecule is C=CCC(N)CCCO[C@H]1CC[C@H](N(C)S(=O)(=O)c2ccc(C(F)(F)F)cc2)CC1. The Kier molecular flexibility index (Phi) is 8.90. The Morgan fingerprint density at radius 3 is 2.37 bits per heavy atom. The lowest BCUT2D eigenvalue weighted by molar-refractivity contribution is -0.137. The van der Waals surface area contributed by atoms with Crippen molar-refractivity contribution in [1.82, 2.24) is 4.31 Å². The first-order chi connectivity index (χ1) is 14.1. The summed E-state index contributed by atoms with van der Waals surface area (Å²) in [6, 6.07) is 3.53. The van der Waals surface area contributed by atoms with Gasteiger partial charge in [0.2, 0.25) is 10.0 Å². The van der Waals surface area contributed by atoms with Crippen molar-refractivity contribution in [2.24, 2.45) is 5.73 Å². The Morgan fingerprint density at radius 1 is 1.23 bits per heavy atom. The number of halogens is 3. The molecule has 0 saturated heterocycles. The van der Waals surface area contributed by atoms with Gasteiger partial charge in [-0.2, -0.15) is 17.5 Å². The Bertz CT molecular complexity index is 774. The van der Waals surface area contributed by atoms with E-state index in [1.807, 2.05) is 6.08 Å². The summed E-state index contributed by atoms with van der Waals surface area (Å²) < 4.78 is 70.9. The molecular formula is C21H31F3N2O3S. The molecule has 0 heterocycles. The summed E-state index contributed by atoms with van der Waals surface area (Å²) in [4.78, 5) is -0.132. The van der Waals surface area contributed by atoms with Crippen LogP contribution < -0.4 is 5.73 Å². The zero-order valence-electron chi connectivity index (χ0n) is 17.3. The van der Waals surface area contributed by atoms with Gasteiger partial charge in [0, 0.05) is 25.7 Å². The summed E-state index contributed by atoms with van der Waals surface area (Å²) in [5.74, 6) is 0. The minimum Gasteiger partial charge on any atom is -0.378 e. The lowest BCUT2D eigenvalue weighted by Crippen LogP contribution is -2.40. The zero-order chi connectivity index (χ0) is 22.4. The van der Waals surface area contributed by atoms with Gasteiger partial charge < -0.3 is 10.5 Å². The van der Waals surface area contributed by atoms with Crippen LogP contribution in [0.1, 0.15) is 50.5 Å². The number of ether oxygens (including phenoxy) is 1. The van der Waals surface area contributed by atoms with E-state index in [0.717, 1.165) is 56.4 Å². The van der Waals surface area contributed by atoms with Gasteiger partial charge in [0.25, 0.3) is 0 Å². The highest BCUT2D eigenvalue weighted by Crippen LogP contribution is 2.32. The summed E-state index contributed by atoms with van der Waals surface area (Å²) >= 11 is 0. The molecule has 2 N–H and O–H groups in total. The summed E-state index contributed by atoms with van der Waals surface area (Å²) in [6.45, 7) is 4.30. The quantitative estimate of drug-likeness (QED) is 0.427. The molecule has 30 heavy (non-hydrogen) atoms. The smallest absolute Gasteiger partial charge is 0.378 e. The lowest BCUT2D eigenvalue weighted by atomic mass is 9.93. The second-order valence-corrected chi connectivity index (χ2v) is 9.77. The first-order valence-corrected chi connectivity index (χ1v) is 11.6. The maximum absolute atomic E-state index is 12.8. The number of nitrogens with zero attached hydrogens (tertiary/aromatic N) is 1. The average Bonchev–Trinajstić information content (AvgIpc) is 2.71. The molecule has 1 aliphatic carbocycles. The number of rotatable bonds is 10. The van der Waals surface area contributed by atoms with Gasteiger partial charge in [0.15, 0.2) is 0 Å². The first-order valence-electron chi connectivity index (χ1n) is 10.2. The predicted octanol–water partition coefficient (Wildman–Crippen LogP) is 4.34. The predicted molar refractivity (Wildman–Crippen MR) is 110 cm³/mol. The minimum absolute atomic E-state index is 0.0963. The third-order valence-electron chi connectivity index (χ3n) is 5.56. The van der Waals surface area contributed by atoms with Gasteiger partial charge in [-0.05, 0) is 69.2 Å². The highest BCUT2D eigenvalue weighted by Gasteiger charge is 2.34. The van der Waals surface area contributed by atoms with E-state index < -0.39 is 21.8 Å². The average molecular weight is 449 g/mol. The third kappa shape index (κ3) is 6.80. The zero-order valence-corrected chi connectivity index (χ0v) is 18.1. The van der Waals surface area contributed by atoms with Crippen LogP contribution in [0.5, 0.6) is 0 Å². The van der Waals surface area contributed by atoms with Crippen molar-refractivity contribution in [2.75, 3.05) is 13.7 Å². The van der Waals surface area contributed by atoms with Crippen molar-refractivity contribution in [2.45, 2.75) is 74.2 Å². The van der Waals surface area contributed by atoms with Crippen molar-refractivity contribution < 1.29 is 26.3 Å². The second kappa shape index (κ2) is 10.7. The molecule has 1 aromatic rings. The van der Waals surface area contributed by atoms with Crippen molar-refractivity contribution in [3.05, 3.63) is 42.5 Å². The number of nitrogens with two attached hydrogens (primary N) is 1. The van der Waals surface area contributed by atoms with Crippen LogP contribution in [0.15, 0.2) is 41.8 Å². The summed E-state index contributed by atoms with van der Waals surface area (Å²) in [6.07, 6.45) is 2.72. The van der Waals surface area contributed by atoms with E-state index in [0.29, 0.717) is 19.4 Å². The Labute approximate surface area is 177 Å². The van der Waals surface area contributed by atoms with Crippen LogP contribution in [0, 0.1) is 0 Å². The van der Waals surface area contributed by atoms with Gasteiger partial charge in [-0.3, -0.25) is 0 Å². The van der Waals surface area contributed by atoms with Gasteiger partial charge in [-0.25, -0.2) is 8.42 Å². The van der Waals surface area contributed by atoms with Crippen LogP contribution in [-0.2, 0) is 20.9 Å². The molecule has 0 aliphatic heterocycles. The van der Waals surface area contributed by atoms with E-state index in [9.17, 15) is 21.6 Å². The van der Waals surface area contributed by atoms with E-state index in [4.69, 9.17) is 10.5 Å². The highest BCUT2D eigenvalue weighted by molar-refractivity contribution is 7.89. The molecule has 0 radical (unpaired) electrons. The first kappa shape index (κ1) is 24.8. The maximum Gasteiger partial charge on any atom is 0.416 e. The highest BCUT2D eigenvalue weighted by atomic mass is 32.2. The van der Waals surface area contributed by atoms with Crippen molar-refractivity contribution >= 4 is 10.0 Å². The maximum atomic E-state index is 12.8. The Balaban J connectivity index is 1.84. The van der Waals surface area contributed by atoms with Crippen LogP contribution >= 0.6 is 0 Å². The van der Waals surface area contributed by atoms with E-state index in [2.05, 4.69) is 6.58 Å². The van der Waals surface area contributed by atoms with Crippen LogP contribution in [0.4, 0.5) is 13.2 Å². The standard InChI is InChI=1S/C21H31F3N2O3S/c1-3-5-17(25)6-4-15-29-19-11-9-18(10-12-19)26(2)30(27,28)20-13-7-16(8-14-20)21(22,23)24/h3,7-8,13-14,17-19H,1,4-6,9-12,15,25H2,2H3/t17?,18-,19-. The van der Waals surface area contributed by atoms with Gasteiger partial charge in [0.05, 0.1) is 16.6 Å². The second-order valence-electron chi connectivity index (χ2n) is 7.77. The number of benzene rings is 1. The molecule has 0 aromatic heterocycles. The van der Waals surface area contributed by atoms with Gasteiger partial charge in [-0.15, -0.1) is 6.58 Å². The van der Waals surface area contributed by atoms with Gasteiger partial charge in [0.1, 0.15) is 0 Å². The number of alkyl halides is 3.